The molecule has 2 atom stereocenters. The van der Waals surface area contributed by atoms with Crippen LogP contribution in [0.1, 0.15) is 24.8 Å². The largest absolute Gasteiger partial charge is 0.481 e. The van der Waals surface area contributed by atoms with Gasteiger partial charge in [-0.25, -0.2) is 12.8 Å². The van der Waals surface area contributed by atoms with Gasteiger partial charge in [0.1, 0.15) is 5.82 Å². The molecule has 0 saturated carbocycles. The third-order valence-electron chi connectivity index (χ3n) is 4.65. The molecule has 0 spiro atoms. The summed E-state index contributed by atoms with van der Waals surface area (Å²) < 4.78 is 41.4. The van der Waals surface area contributed by atoms with Crippen molar-refractivity contribution in [1.29, 1.82) is 0 Å². The molecular weight excluding hydrogens is 359 g/mol. The Balaban J connectivity index is 2.13. The lowest BCUT2D eigenvalue weighted by molar-refractivity contribution is -0.137. The highest BCUT2D eigenvalue weighted by Crippen LogP contribution is 2.45. The van der Waals surface area contributed by atoms with Crippen molar-refractivity contribution in [2.45, 2.75) is 30.2 Å². The van der Waals surface area contributed by atoms with Gasteiger partial charge in [-0.05, 0) is 48.9 Å². The van der Waals surface area contributed by atoms with Crippen molar-refractivity contribution < 1.29 is 22.7 Å². The zero-order valence-corrected chi connectivity index (χ0v) is 15.1. The van der Waals surface area contributed by atoms with Crippen LogP contribution in [-0.4, -0.2) is 32.6 Å². The molecule has 1 aliphatic heterocycles. The Morgan fingerprint density at radius 2 is 2.00 bits per heavy atom. The molecule has 1 heterocycles. The van der Waals surface area contributed by atoms with Crippen LogP contribution in [0.2, 0.25) is 0 Å². The van der Waals surface area contributed by atoms with Gasteiger partial charge in [-0.3, -0.25) is 9.10 Å². The molecule has 1 aliphatic rings. The minimum absolute atomic E-state index is 0.0856. The van der Waals surface area contributed by atoms with Gasteiger partial charge < -0.3 is 10.4 Å². The van der Waals surface area contributed by atoms with Crippen LogP contribution in [0.3, 0.4) is 0 Å². The van der Waals surface area contributed by atoms with E-state index in [4.69, 9.17) is 0 Å². The Bertz CT molecular complexity index is 961. The minimum Gasteiger partial charge on any atom is -0.481 e. The van der Waals surface area contributed by atoms with E-state index in [2.05, 4.69) is 5.32 Å². The van der Waals surface area contributed by atoms with E-state index >= 15 is 0 Å². The van der Waals surface area contributed by atoms with Crippen LogP contribution in [0, 0.1) is 5.82 Å². The van der Waals surface area contributed by atoms with E-state index in [1.807, 2.05) is 0 Å². The molecule has 3 rings (SSSR count). The predicted molar refractivity (Wildman–Crippen MR) is 96.5 cm³/mol. The summed E-state index contributed by atoms with van der Waals surface area (Å²) in [4.78, 5) is 11.3. The summed E-state index contributed by atoms with van der Waals surface area (Å²) in [7, 11) is -2.25. The Kier molecular flexibility index (Phi) is 4.62. The van der Waals surface area contributed by atoms with E-state index in [0.717, 1.165) is 0 Å². The number of benzene rings is 2. The Hall–Kier alpha value is -2.61. The maximum Gasteiger partial charge on any atom is 0.304 e. The van der Waals surface area contributed by atoms with Crippen molar-refractivity contribution in [2.75, 3.05) is 16.7 Å². The van der Waals surface area contributed by atoms with E-state index in [1.165, 1.54) is 34.6 Å². The number of anilines is 2. The number of carboxylic acid groups (broad SMARTS) is 1. The highest BCUT2D eigenvalue weighted by atomic mass is 32.2. The van der Waals surface area contributed by atoms with Crippen molar-refractivity contribution in [1.82, 2.24) is 0 Å². The molecule has 26 heavy (non-hydrogen) atoms. The third kappa shape index (κ3) is 3.01. The topological polar surface area (TPSA) is 86.7 Å². The van der Waals surface area contributed by atoms with Crippen LogP contribution in [0.15, 0.2) is 47.4 Å². The molecule has 0 amide bonds. The molecule has 0 radical (unpaired) electrons. The number of aliphatic carboxylic acids is 1. The highest BCUT2D eigenvalue weighted by molar-refractivity contribution is 7.92. The van der Waals surface area contributed by atoms with Crippen molar-refractivity contribution in [3.8, 4) is 0 Å². The van der Waals surface area contributed by atoms with Crippen molar-refractivity contribution >= 4 is 27.4 Å². The summed E-state index contributed by atoms with van der Waals surface area (Å²) in [6, 6.07) is 9.50. The standard InChI is InChI=1S/C18H19FN2O4S/c1-11-15(10-18(22)23)16-8-12(19)6-7-17(16)21(11)26(24,25)14-5-3-4-13(9-14)20-2/h3-9,11,15,20H,10H2,1-2H3,(H,22,23). The van der Waals surface area contributed by atoms with Gasteiger partial charge in [0.2, 0.25) is 0 Å². The second kappa shape index (κ2) is 6.60. The second-order valence-electron chi connectivity index (χ2n) is 6.23. The van der Waals surface area contributed by atoms with Gasteiger partial charge in [0.05, 0.1) is 23.0 Å². The lowest BCUT2D eigenvalue weighted by Gasteiger charge is -2.26. The Morgan fingerprint density at radius 3 is 2.65 bits per heavy atom. The van der Waals surface area contributed by atoms with Crippen LogP contribution < -0.4 is 9.62 Å². The van der Waals surface area contributed by atoms with Gasteiger partial charge in [-0.15, -0.1) is 0 Å². The average molecular weight is 378 g/mol. The smallest absolute Gasteiger partial charge is 0.304 e. The number of rotatable bonds is 5. The zero-order chi connectivity index (χ0) is 19.1. The molecule has 2 N–H and O–H groups in total. The first-order valence-corrected chi connectivity index (χ1v) is 9.53. The van der Waals surface area contributed by atoms with Crippen LogP contribution in [0.25, 0.3) is 0 Å². The number of carboxylic acids is 1. The summed E-state index contributed by atoms with van der Waals surface area (Å²) in [5, 5.41) is 12.1. The monoisotopic (exact) mass is 378 g/mol. The number of carbonyl (C=O) groups is 1. The molecular formula is C18H19FN2O4S. The van der Waals surface area contributed by atoms with Gasteiger partial charge in [0.15, 0.2) is 0 Å². The summed E-state index contributed by atoms with van der Waals surface area (Å²) in [6.07, 6.45) is -0.278. The number of sulfonamides is 1. The number of fused-ring (bicyclic) bond motifs is 1. The molecule has 0 fully saturated rings. The first-order chi connectivity index (χ1) is 12.3. The van der Waals surface area contributed by atoms with Crippen molar-refractivity contribution in [3.63, 3.8) is 0 Å². The van der Waals surface area contributed by atoms with Gasteiger partial charge in [0.25, 0.3) is 10.0 Å². The summed E-state index contributed by atoms with van der Waals surface area (Å²) >= 11 is 0. The molecule has 0 aliphatic carbocycles. The lowest BCUT2D eigenvalue weighted by Crippen LogP contribution is -2.37. The molecule has 0 bridgehead atoms. The molecule has 6 nitrogen and oxygen atoms in total. The number of nitrogens with one attached hydrogen (secondary N) is 1. The maximum atomic E-state index is 13.7. The Labute approximate surface area is 151 Å². The molecule has 2 unspecified atom stereocenters. The Morgan fingerprint density at radius 1 is 1.27 bits per heavy atom. The first-order valence-electron chi connectivity index (χ1n) is 8.09. The van der Waals surface area contributed by atoms with Crippen LogP contribution in [0.4, 0.5) is 15.8 Å². The van der Waals surface area contributed by atoms with Crippen LogP contribution in [0.5, 0.6) is 0 Å². The second-order valence-corrected chi connectivity index (χ2v) is 8.04. The third-order valence-corrected chi connectivity index (χ3v) is 6.55. The number of hydrogen-bond acceptors (Lipinski definition) is 4. The molecule has 2 aromatic rings. The lowest BCUT2D eigenvalue weighted by atomic mass is 9.93. The molecule has 2 aromatic carbocycles. The first kappa shape index (κ1) is 18.2. The van der Waals surface area contributed by atoms with E-state index < -0.39 is 33.8 Å². The number of nitrogens with zero attached hydrogens (tertiary/aromatic N) is 1. The van der Waals surface area contributed by atoms with E-state index in [9.17, 15) is 22.7 Å². The van der Waals surface area contributed by atoms with Gasteiger partial charge in [-0.2, -0.15) is 0 Å². The van der Waals surface area contributed by atoms with Crippen molar-refractivity contribution in [2.24, 2.45) is 0 Å². The summed E-state index contributed by atoms with van der Waals surface area (Å²) in [6.45, 7) is 1.64. The van der Waals surface area contributed by atoms with E-state index in [1.54, 1.807) is 26.1 Å². The average Bonchev–Trinajstić information content (AvgIpc) is 2.86. The fourth-order valence-corrected chi connectivity index (χ4v) is 5.17. The molecule has 138 valence electrons. The molecule has 0 saturated heterocycles. The van der Waals surface area contributed by atoms with Gasteiger partial charge in [0, 0.05) is 18.7 Å². The fourth-order valence-electron chi connectivity index (χ4n) is 3.41. The zero-order valence-electron chi connectivity index (χ0n) is 14.3. The normalized spacial score (nSPS) is 19.3. The van der Waals surface area contributed by atoms with Crippen LogP contribution >= 0.6 is 0 Å². The van der Waals surface area contributed by atoms with Crippen LogP contribution in [-0.2, 0) is 14.8 Å². The van der Waals surface area contributed by atoms with Gasteiger partial charge >= 0.3 is 5.97 Å². The SMILES string of the molecule is CNc1cccc(S(=O)(=O)N2c3ccc(F)cc3C(CC(=O)O)C2C)c1. The quantitative estimate of drug-likeness (QED) is 0.835. The fraction of sp³-hybridized carbons (Fsp3) is 0.278. The van der Waals surface area contributed by atoms with E-state index in [-0.39, 0.29) is 11.3 Å². The summed E-state index contributed by atoms with van der Waals surface area (Å²) in [5.41, 5.74) is 1.35. The maximum absolute atomic E-state index is 13.7. The van der Waals surface area contributed by atoms with Gasteiger partial charge in [-0.1, -0.05) is 6.07 Å². The predicted octanol–water partition coefficient (Wildman–Crippen LogP) is 3.02. The van der Waals surface area contributed by atoms with E-state index in [0.29, 0.717) is 16.9 Å². The summed E-state index contributed by atoms with van der Waals surface area (Å²) in [5.74, 6) is -2.21. The highest BCUT2D eigenvalue weighted by Gasteiger charge is 2.43. The molecule has 0 aromatic heterocycles. The number of halogens is 1. The number of hydrogen-bond donors (Lipinski definition) is 2. The minimum atomic E-state index is -3.94. The van der Waals surface area contributed by atoms with Crippen molar-refractivity contribution in [3.05, 3.63) is 53.8 Å². The molecule has 8 heteroatoms.